The summed E-state index contributed by atoms with van der Waals surface area (Å²) in [6.07, 6.45) is 7.91. The van der Waals surface area contributed by atoms with Crippen LogP contribution in [0.4, 0.5) is 0 Å². The molecule has 1 aliphatic carbocycles. The highest BCUT2D eigenvalue weighted by atomic mass is 16.5. The van der Waals surface area contributed by atoms with Gasteiger partial charge >= 0.3 is 5.78 Å². The molecular formula is C18H17O2+. The zero-order chi connectivity index (χ0) is 14.4. The molecule has 1 aliphatic rings. The molecule has 0 radical (unpaired) electrons. The van der Waals surface area contributed by atoms with Gasteiger partial charge in [-0.1, -0.05) is 18.1 Å². The van der Waals surface area contributed by atoms with Crippen LogP contribution in [-0.2, 0) is 4.42 Å². The molecule has 2 nitrogen and oxygen atoms in total. The van der Waals surface area contributed by atoms with Gasteiger partial charge in [-0.15, -0.1) is 5.92 Å². The van der Waals surface area contributed by atoms with Gasteiger partial charge in [0.2, 0.25) is 0 Å². The van der Waals surface area contributed by atoms with Crippen molar-refractivity contribution in [2.24, 2.45) is 0 Å². The molecule has 0 aromatic heterocycles. The van der Waals surface area contributed by atoms with Crippen LogP contribution in [0, 0.1) is 11.8 Å². The normalized spacial score (nSPS) is 12.8. The number of methoxy groups -OCH3 is 1. The van der Waals surface area contributed by atoms with Gasteiger partial charge in [-0.3, -0.25) is 4.42 Å². The minimum absolute atomic E-state index is 0.840. The Morgan fingerprint density at radius 1 is 1.05 bits per heavy atom. The van der Waals surface area contributed by atoms with Crippen LogP contribution in [0.5, 0.6) is 5.75 Å². The minimum atomic E-state index is 0.840. The zero-order valence-electron chi connectivity index (χ0n) is 11.9. The smallest absolute Gasteiger partial charge is 0.343 e. The number of ether oxygens (including phenoxy) is 1. The first-order valence-corrected chi connectivity index (χ1v) is 6.37. The van der Waals surface area contributed by atoms with E-state index in [1.165, 1.54) is 0 Å². The molecule has 2 heteroatoms. The average Bonchev–Trinajstić information content (AvgIpc) is 2.53. The van der Waals surface area contributed by atoms with E-state index >= 15 is 0 Å². The molecule has 0 amide bonds. The van der Waals surface area contributed by atoms with Crippen LogP contribution in [-0.4, -0.2) is 20.0 Å². The summed E-state index contributed by atoms with van der Waals surface area (Å²) in [5.74, 6) is 7.83. The Kier molecular flexibility index (Phi) is 4.57. The van der Waals surface area contributed by atoms with E-state index in [4.69, 9.17) is 9.16 Å². The van der Waals surface area contributed by atoms with E-state index in [1.54, 1.807) is 14.2 Å². The van der Waals surface area contributed by atoms with Crippen molar-refractivity contribution >= 4 is 11.4 Å². The third kappa shape index (κ3) is 3.07. The summed E-state index contributed by atoms with van der Waals surface area (Å²) in [7, 11) is 3.32. The lowest BCUT2D eigenvalue weighted by molar-refractivity contribution is -0.417. The van der Waals surface area contributed by atoms with Crippen LogP contribution in [0.2, 0.25) is 0 Å². The summed E-state index contributed by atoms with van der Waals surface area (Å²) in [4.78, 5) is 0. The number of ketones is 1. The molecule has 0 bridgehead atoms. The third-order valence-corrected chi connectivity index (χ3v) is 3.01. The molecular weight excluding hydrogens is 248 g/mol. The summed E-state index contributed by atoms with van der Waals surface area (Å²) in [6.45, 7) is 1.84. The first kappa shape index (κ1) is 13.9. The van der Waals surface area contributed by atoms with Crippen LogP contribution >= 0.6 is 0 Å². The van der Waals surface area contributed by atoms with Gasteiger partial charge in [0.15, 0.2) is 0 Å². The maximum absolute atomic E-state index is 5.18. The van der Waals surface area contributed by atoms with E-state index in [9.17, 15) is 0 Å². The fraction of sp³-hybridized carbons (Fsp3) is 0.167. The largest absolute Gasteiger partial charge is 0.497 e. The minimum Gasteiger partial charge on any atom is -0.497 e. The number of hydrogen-bond donors (Lipinski definition) is 0. The first-order valence-electron chi connectivity index (χ1n) is 6.37. The molecule has 0 unspecified atom stereocenters. The molecule has 2 rings (SSSR count). The van der Waals surface area contributed by atoms with E-state index in [0.29, 0.717) is 0 Å². The molecule has 100 valence electrons. The summed E-state index contributed by atoms with van der Waals surface area (Å²) >= 11 is 0. The molecule has 1 aromatic rings. The zero-order valence-corrected chi connectivity index (χ0v) is 11.9. The van der Waals surface area contributed by atoms with Crippen molar-refractivity contribution in [2.75, 3.05) is 14.2 Å². The second-order valence-electron chi connectivity index (χ2n) is 4.21. The fourth-order valence-corrected chi connectivity index (χ4v) is 1.95. The Labute approximate surface area is 119 Å². The molecule has 0 saturated carbocycles. The Balaban J connectivity index is 2.45. The maximum atomic E-state index is 5.18. The maximum Gasteiger partial charge on any atom is 0.343 e. The predicted octanol–water partition coefficient (Wildman–Crippen LogP) is 3.33. The number of allylic oxidation sites excluding steroid dienone is 6. The van der Waals surface area contributed by atoms with Gasteiger partial charge in [-0.25, -0.2) is 0 Å². The van der Waals surface area contributed by atoms with E-state index in [-0.39, 0.29) is 0 Å². The Morgan fingerprint density at radius 2 is 1.70 bits per heavy atom. The molecule has 0 spiro atoms. The van der Waals surface area contributed by atoms with Crippen molar-refractivity contribution in [3.63, 3.8) is 0 Å². The Morgan fingerprint density at radius 3 is 2.20 bits per heavy atom. The van der Waals surface area contributed by atoms with Crippen LogP contribution in [0.15, 0.2) is 54.1 Å². The van der Waals surface area contributed by atoms with Crippen LogP contribution in [0.25, 0.3) is 5.57 Å². The van der Waals surface area contributed by atoms with E-state index < -0.39 is 0 Å². The predicted molar refractivity (Wildman–Crippen MR) is 82.6 cm³/mol. The highest BCUT2D eigenvalue weighted by Crippen LogP contribution is 2.24. The van der Waals surface area contributed by atoms with Gasteiger partial charge in [-0.05, 0) is 42.3 Å². The SMILES string of the molecule is CC#CC(=C1C=CC(=[O+]C)C=C1)c1ccc(OC)cc1. The summed E-state index contributed by atoms with van der Waals surface area (Å²) in [5, 5.41) is 0. The average molecular weight is 265 g/mol. The molecule has 0 aliphatic heterocycles. The number of benzene rings is 1. The summed E-state index contributed by atoms with van der Waals surface area (Å²) in [6, 6.07) is 7.91. The topological polar surface area (TPSA) is 20.5 Å². The second kappa shape index (κ2) is 6.58. The van der Waals surface area contributed by atoms with Crippen molar-refractivity contribution in [1.29, 1.82) is 0 Å². The molecule has 1 aromatic carbocycles. The summed E-state index contributed by atoms with van der Waals surface area (Å²) in [5.41, 5.74) is 3.15. The van der Waals surface area contributed by atoms with Gasteiger partial charge in [0.25, 0.3) is 7.11 Å². The van der Waals surface area contributed by atoms with Gasteiger partial charge < -0.3 is 4.74 Å². The van der Waals surface area contributed by atoms with Crippen LogP contribution < -0.4 is 4.74 Å². The first-order chi connectivity index (χ1) is 9.78. The molecule has 0 heterocycles. The van der Waals surface area contributed by atoms with E-state index in [2.05, 4.69) is 11.8 Å². The molecule has 0 atom stereocenters. The quantitative estimate of drug-likeness (QED) is 0.593. The lowest BCUT2D eigenvalue weighted by atomic mass is 9.97. The lowest BCUT2D eigenvalue weighted by Crippen LogP contribution is -1.97. The fourth-order valence-electron chi connectivity index (χ4n) is 1.95. The van der Waals surface area contributed by atoms with Crippen molar-refractivity contribution in [1.82, 2.24) is 0 Å². The number of carbonyl (C=O) groups excluding carboxylic acids is 1. The van der Waals surface area contributed by atoms with Crippen molar-refractivity contribution in [2.45, 2.75) is 6.92 Å². The number of rotatable bonds is 2. The second-order valence-corrected chi connectivity index (χ2v) is 4.21. The van der Waals surface area contributed by atoms with Crippen molar-refractivity contribution in [3.05, 3.63) is 59.7 Å². The highest BCUT2D eigenvalue weighted by molar-refractivity contribution is 6.03. The Bertz CT molecular complexity index is 642. The molecule has 0 fully saturated rings. The van der Waals surface area contributed by atoms with Crippen LogP contribution in [0.1, 0.15) is 12.5 Å². The lowest BCUT2D eigenvalue weighted by Gasteiger charge is -2.07. The molecule has 20 heavy (non-hydrogen) atoms. The molecule has 0 saturated heterocycles. The Hall–Kier alpha value is -2.53. The van der Waals surface area contributed by atoms with Crippen molar-refractivity contribution in [3.8, 4) is 17.6 Å². The van der Waals surface area contributed by atoms with Crippen LogP contribution in [0.3, 0.4) is 0 Å². The molecule has 0 N–H and O–H groups in total. The monoisotopic (exact) mass is 265 g/mol. The third-order valence-electron chi connectivity index (χ3n) is 3.01. The van der Waals surface area contributed by atoms with Crippen molar-refractivity contribution < 1.29 is 9.16 Å². The van der Waals surface area contributed by atoms with Gasteiger partial charge in [0.05, 0.1) is 7.11 Å². The van der Waals surface area contributed by atoms with Gasteiger partial charge in [0.1, 0.15) is 5.75 Å². The van der Waals surface area contributed by atoms with Gasteiger partial charge in [-0.2, -0.15) is 0 Å². The summed E-state index contributed by atoms with van der Waals surface area (Å²) < 4.78 is 10.4. The standard InChI is InChI=1S/C18H17O2/c1-4-5-18(14-6-10-16(19-2)11-7-14)15-8-12-17(20-3)13-9-15/h6-13H,1-3H3/q+1. The van der Waals surface area contributed by atoms with Gasteiger partial charge in [0, 0.05) is 17.7 Å². The van der Waals surface area contributed by atoms with E-state index in [0.717, 1.165) is 28.2 Å². The van der Waals surface area contributed by atoms with E-state index in [1.807, 2.05) is 55.5 Å². The number of hydrogen-bond acceptors (Lipinski definition) is 1. The highest BCUT2D eigenvalue weighted by Gasteiger charge is 2.10.